The van der Waals surface area contributed by atoms with Crippen LogP contribution < -0.4 is 10.6 Å². The third-order valence-electron chi connectivity index (χ3n) is 5.10. The zero-order valence-electron chi connectivity index (χ0n) is 15.4. The quantitative estimate of drug-likeness (QED) is 0.816. The number of likely N-dealkylation sites (tertiary alicyclic amines) is 1. The molecule has 23 heavy (non-hydrogen) atoms. The molecule has 0 spiro atoms. The predicted octanol–water partition coefficient (Wildman–Crippen LogP) is 2.75. The number of piperidine rings is 1. The summed E-state index contributed by atoms with van der Waals surface area (Å²) >= 11 is 0. The standard InChI is InChI=1S/C18H35N3O2/c1-18(2,3)23-17(22)20-12-14-8-7-10-16(14)19-13-15-9-5-6-11-21(15)4/h14-16,19H,5-13H2,1-4H3,(H,20,22). The first-order valence-electron chi connectivity index (χ1n) is 9.25. The maximum Gasteiger partial charge on any atom is 0.407 e. The van der Waals surface area contributed by atoms with Crippen molar-refractivity contribution < 1.29 is 9.53 Å². The highest BCUT2D eigenvalue weighted by molar-refractivity contribution is 5.67. The number of nitrogens with zero attached hydrogens (tertiary/aromatic N) is 1. The molecule has 0 aromatic heterocycles. The maximum atomic E-state index is 11.8. The number of rotatable bonds is 5. The predicted molar refractivity (Wildman–Crippen MR) is 93.6 cm³/mol. The molecule has 1 aliphatic heterocycles. The summed E-state index contributed by atoms with van der Waals surface area (Å²) < 4.78 is 5.32. The second kappa shape index (κ2) is 8.34. The van der Waals surface area contributed by atoms with Crippen molar-refractivity contribution >= 4 is 6.09 Å². The van der Waals surface area contributed by atoms with E-state index in [1.54, 1.807) is 0 Å². The Kier molecular flexibility index (Phi) is 6.72. The van der Waals surface area contributed by atoms with Gasteiger partial charge in [-0.1, -0.05) is 12.8 Å². The monoisotopic (exact) mass is 325 g/mol. The smallest absolute Gasteiger partial charge is 0.407 e. The number of amides is 1. The van der Waals surface area contributed by atoms with Gasteiger partial charge in [0.2, 0.25) is 0 Å². The van der Waals surface area contributed by atoms with Gasteiger partial charge in [0.05, 0.1) is 0 Å². The van der Waals surface area contributed by atoms with Crippen LogP contribution in [0.4, 0.5) is 4.79 Å². The van der Waals surface area contributed by atoms with Crippen molar-refractivity contribution in [1.29, 1.82) is 0 Å². The number of hydrogen-bond acceptors (Lipinski definition) is 4. The zero-order valence-corrected chi connectivity index (χ0v) is 15.4. The molecule has 5 heteroatoms. The molecule has 2 aliphatic rings. The average Bonchev–Trinajstić information content (AvgIpc) is 2.90. The second-order valence-corrected chi connectivity index (χ2v) is 8.22. The Morgan fingerprint density at radius 2 is 1.91 bits per heavy atom. The molecular weight excluding hydrogens is 290 g/mol. The van der Waals surface area contributed by atoms with Crippen molar-refractivity contribution in [2.45, 2.75) is 77.0 Å². The molecule has 0 aromatic rings. The van der Waals surface area contributed by atoms with E-state index < -0.39 is 5.60 Å². The molecule has 1 aliphatic carbocycles. The molecule has 0 radical (unpaired) electrons. The fourth-order valence-corrected chi connectivity index (χ4v) is 3.77. The summed E-state index contributed by atoms with van der Waals surface area (Å²) in [7, 11) is 2.24. The van der Waals surface area contributed by atoms with Gasteiger partial charge >= 0.3 is 6.09 Å². The summed E-state index contributed by atoms with van der Waals surface area (Å²) in [4.78, 5) is 14.3. The van der Waals surface area contributed by atoms with Crippen LogP contribution in [0, 0.1) is 5.92 Å². The molecule has 3 unspecified atom stereocenters. The highest BCUT2D eigenvalue weighted by Crippen LogP contribution is 2.25. The number of carbonyl (C=O) groups excluding carboxylic acids is 1. The number of alkyl carbamates (subject to hydrolysis) is 1. The van der Waals surface area contributed by atoms with Crippen LogP contribution in [-0.4, -0.2) is 55.4 Å². The number of carbonyl (C=O) groups is 1. The van der Waals surface area contributed by atoms with E-state index in [-0.39, 0.29) is 6.09 Å². The molecule has 134 valence electrons. The molecule has 1 amide bonds. The highest BCUT2D eigenvalue weighted by Gasteiger charge is 2.29. The molecule has 1 saturated heterocycles. The molecule has 3 atom stereocenters. The Bertz CT molecular complexity index is 381. The van der Waals surface area contributed by atoms with E-state index in [1.165, 1.54) is 45.1 Å². The van der Waals surface area contributed by atoms with E-state index in [2.05, 4.69) is 22.6 Å². The zero-order chi connectivity index (χ0) is 16.9. The van der Waals surface area contributed by atoms with Crippen LogP contribution in [0.25, 0.3) is 0 Å². The van der Waals surface area contributed by atoms with E-state index >= 15 is 0 Å². The lowest BCUT2D eigenvalue weighted by molar-refractivity contribution is 0.0517. The number of hydrogen-bond donors (Lipinski definition) is 2. The third kappa shape index (κ3) is 6.30. The largest absolute Gasteiger partial charge is 0.444 e. The lowest BCUT2D eigenvalue weighted by Crippen LogP contribution is -2.48. The van der Waals surface area contributed by atoms with Gasteiger partial charge in [-0.2, -0.15) is 0 Å². The van der Waals surface area contributed by atoms with Gasteiger partial charge in [-0.05, 0) is 66.0 Å². The summed E-state index contributed by atoms with van der Waals surface area (Å²) in [6.45, 7) is 8.70. The fraction of sp³-hybridized carbons (Fsp3) is 0.944. The van der Waals surface area contributed by atoms with Crippen molar-refractivity contribution in [3.05, 3.63) is 0 Å². The molecule has 2 rings (SSSR count). The van der Waals surface area contributed by atoms with E-state index in [9.17, 15) is 4.79 Å². The van der Waals surface area contributed by atoms with Crippen LogP contribution >= 0.6 is 0 Å². The first-order valence-corrected chi connectivity index (χ1v) is 9.25. The number of likely N-dealkylation sites (N-methyl/N-ethyl adjacent to an activating group) is 1. The average molecular weight is 325 g/mol. The lowest BCUT2D eigenvalue weighted by atomic mass is 10.0. The topological polar surface area (TPSA) is 53.6 Å². The van der Waals surface area contributed by atoms with Gasteiger partial charge in [0.15, 0.2) is 0 Å². The van der Waals surface area contributed by atoms with Crippen LogP contribution in [0.2, 0.25) is 0 Å². The van der Waals surface area contributed by atoms with E-state index in [0.29, 0.717) is 24.5 Å². The minimum Gasteiger partial charge on any atom is -0.444 e. The first kappa shape index (κ1) is 18.5. The second-order valence-electron chi connectivity index (χ2n) is 8.22. The molecule has 0 bridgehead atoms. The lowest BCUT2D eigenvalue weighted by Gasteiger charge is -2.34. The Labute approximate surface area is 141 Å². The van der Waals surface area contributed by atoms with Crippen LogP contribution in [0.1, 0.15) is 59.3 Å². The summed E-state index contributed by atoms with van der Waals surface area (Å²) in [5.41, 5.74) is -0.428. The van der Waals surface area contributed by atoms with Crippen LogP contribution in [-0.2, 0) is 4.74 Å². The summed E-state index contributed by atoms with van der Waals surface area (Å²) in [6, 6.07) is 1.20. The normalized spacial score (nSPS) is 29.5. The molecule has 0 aromatic carbocycles. The molecule has 2 N–H and O–H groups in total. The van der Waals surface area contributed by atoms with Gasteiger partial charge in [0.1, 0.15) is 5.60 Å². The van der Waals surface area contributed by atoms with Crippen LogP contribution in [0.15, 0.2) is 0 Å². The van der Waals surface area contributed by atoms with Gasteiger partial charge in [-0.25, -0.2) is 4.79 Å². The van der Waals surface area contributed by atoms with Gasteiger partial charge in [0.25, 0.3) is 0 Å². The third-order valence-corrected chi connectivity index (χ3v) is 5.10. The van der Waals surface area contributed by atoms with E-state index in [4.69, 9.17) is 4.74 Å². The SMILES string of the molecule is CN1CCCCC1CNC1CCCC1CNC(=O)OC(C)(C)C. The highest BCUT2D eigenvalue weighted by atomic mass is 16.6. The van der Waals surface area contributed by atoms with Crippen molar-refractivity contribution in [2.75, 3.05) is 26.7 Å². The summed E-state index contributed by atoms with van der Waals surface area (Å²) in [5, 5.41) is 6.72. The van der Waals surface area contributed by atoms with Crippen molar-refractivity contribution in [3.63, 3.8) is 0 Å². The van der Waals surface area contributed by atoms with Crippen molar-refractivity contribution in [2.24, 2.45) is 5.92 Å². The maximum absolute atomic E-state index is 11.8. The van der Waals surface area contributed by atoms with Crippen LogP contribution in [0.5, 0.6) is 0 Å². The molecular formula is C18H35N3O2. The molecule has 1 heterocycles. The minimum absolute atomic E-state index is 0.296. The van der Waals surface area contributed by atoms with Gasteiger partial charge in [0, 0.05) is 25.2 Å². The van der Waals surface area contributed by atoms with Crippen molar-refractivity contribution in [3.8, 4) is 0 Å². The van der Waals surface area contributed by atoms with Gasteiger partial charge in [-0.15, -0.1) is 0 Å². The van der Waals surface area contributed by atoms with E-state index in [0.717, 1.165) is 6.54 Å². The van der Waals surface area contributed by atoms with Gasteiger partial charge < -0.3 is 20.3 Å². The summed E-state index contributed by atoms with van der Waals surface area (Å²) in [6.07, 6.45) is 7.35. The Balaban J connectivity index is 1.71. The van der Waals surface area contributed by atoms with Gasteiger partial charge in [-0.3, -0.25) is 0 Å². The Morgan fingerprint density at radius 3 is 2.61 bits per heavy atom. The van der Waals surface area contributed by atoms with Crippen LogP contribution in [0.3, 0.4) is 0 Å². The Hall–Kier alpha value is -0.810. The Morgan fingerprint density at radius 1 is 1.13 bits per heavy atom. The molecule has 5 nitrogen and oxygen atoms in total. The van der Waals surface area contributed by atoms with E-state index in [1.807, 2.05) is 20.8 Å². The minimum atomic E-state index is -0.428. The summed E-state index contributed by atoms with van der Waals surface area (Å²) in [5.74, 6) is 0.524. The molecule has 2 fully saturated rings. The van der Waals surface area contributed by atoms with Crippen molar-refractivity contribution in [1.82, 2.24) is 15.5 Å². The number of ether oxygens (including phenoxy) is 1. The first-order chi connectivity index (χ1) is 10.8. The fourth-order valence-electron chi connectivity index (χ4n) is 3.77. The number of nitrogens with one attached hydrogen (secondary N) is 2. The molecule has 1 saturated carbocycles.